The maximum Gasteiger partial charge on any atom is 0.206 e. The first-order chi connectivity index (χ1) is 16.4. The third kappa shape index (κ3) is 4.41. The molecule has 0 saturated heterocycles. The molecule has 9 heteroatoms. The number of thioether (sulfide) groups is 1. The second kappa shape index (κ2) is 9.15. The summed E-state index contributed by atoms with van der Waals surface area (Å²) in [5, 5.41) is 9.37. The lowest BCUT2D eigenvalue weighted by atomic mass is 10.2. The largest absolute Gasteiger partial charge is 0.485 e. The van der Waals surface area contributed by atoms with Crippen LogP contribution in [-0.4, -0.2) is 29.8 Å². The maximum atomic E-state index is 12.9. The van der Waals surface area contributed by atoms with Crippen molar-refractivity contribution >= 4 is 21.6 Å². The fourth-order valence-corrected chi connectivity index (χ4v) is 5.78. The number of hydrogen-bond acceptors (Lipinski definition) is 7. The SMILES string of the molecule is Cc1ccc(S(=O)(=O)c2ccc(CSc3nnc(C4COc5ccccc5O4)n3C)cc2)cc1. The summed E-state index contributed by atoms with van der Waals surface area (Å²) in [4.78, 5) is 0.573. The van der Waals surface area contributed by atoms with Crippen LogP contribution in [0.15, 0.2) is 87.7 Å². The Morgan fingerprint density at radius 1 is 0.941 bits per heavy atom. The van der Waals surface area contributed by atoms with Crippen LogP contribution in [-0.2, 0) is 22.6 Å². The number of fused-ring (bicyclic) bond motifs is 1. The number of ether oxygens (including phenoxy) is 2. The molecule has 34 heavy (non-hydrogen) atoms. The quantitative estimate of drug-likeness (QED) is 0.358. The molecule has 3 aromatic carbocycles. The number of aromatic nitrogens is 3. The maximum absolute atomic E-state index is 12.9. The monoisotopic (exact) mass is 493 g/mol. The van der Waals surface area contributed by atoms with Crippen molar-refractivity contribution in [1.29, 1.82) is 0 Å². The standard InChI is InChI=1S/C25H23N3O4S2/c1-17-7-11-19(12-8-17)34(29,30)20-13-9-18(10-14-20)16-33-25-27-26-24(28(25)2)23-15-31-21-5-3-4-6-22(21)32-23/h3-14,23H,15-16H2,1-2H3. The summed E-state index contributed by atoms with van der Waals surface area (Å²) in [7, 11) is -1.63. The van der Waals surface area contributed by atoms with E-state index in [-0.39, 0.29) is 11.0 Å². The van der Waals surface area contributed by atoms with Crippen molar-refractivity contribution in [3.05, 3.63) is 89.7 Å². The van der Waals surface area contributed by atoms with E-state index in [1.165, 1.54) is 11.8 Å². The molecule has 4 aromatic rings. The number of nitrogens with zero attached hydrogens (tertiary/aromatic N) is 3. The number of benzene rings is 3. The summed E-state index contributed by atoms with van der Waals surface area (Å²) in [6, 6.07) is 21.4. The molecule has 1 unspecified atom stereocenters. The molecule has 1 aliphatic heterocycles. The van der Waals surface area contributed by atoms with Crippen LogP contribution in [0.1, 0.15) is 23.1 Å². The van der Waals surface area contributed by atoms with Crippen LogP contribution in [0.5, 0.6) is 11.5 Å². The van der Waals surface area contributed by atoms with Gasteiger partial charge < -0.3 is 14.0 Å². The van der Waals surface area contributed by atoms with E-state index < -0.39 is 9.84 Å². The molecule has 0 radical (unpaired) electrons. The average molecular weight is 494 g/mol. The van der Waals surface area contributed by atoms with Crippen molar-refractivity contribution in [1.82, 2.24) is 14.8 Å². The minimum atomic E-state index is -3.54. The Morgan fingerprint density at radius 2 is 1.59 bits per heavy atom. The van der Waals surface area contributed by atoms with Crippen molar-refractivity contribution in [2.75, 3.05) is 6.61 Å². The topological polar surface area (TPSA) is 83.3 Å². The molecule has 7 nitrogen and oxygen atoms in total. The van der Waals surface area contributed by atoms with Crippen molar-refractivity contribution in [2.24, 2.45) is 7.05 Å². The van der Waals surface area contributed by atoms with Gasteiger partial charge in [-0.15, -0.1) is 10.2 Å². The normalized spacial score (nSPS) is 15.3. The fraction of sp³-hybridized carbons (Fsp3) is 0.200. The highest BCUT2D eigenvalue weighted by Crippen LogP contribution is 2.36. The molecule has 1 atom stereocenters. The number of para-hydroxylation sites is 2. The molecule has 5 rings (SSSR count). The average Bonchev–Trinajstić information content (AvgIpc) is 3.23. The second-order valence-corrected chi connectivity index (χ2v) is 10.9. The molecule has 2 heterocycles. The van der Waals surface area contributed by atoms with Crippen LogP contribution >= 0.6 is 11.8 Å². The Labute approximate surface area is 202 Å². The Balaban J connectivity index is 1.25. The summed E-state index contributed by atoms with van der Waals surface area (Å²) in [5.41, 5.74) is 2.01. The summed E-state index contributed by atoms with van der Waals surface area (Å²) in [6.45, 7) is 2.29. The van der Waals surface area contributed by atoms with E-state index in [1.807, 2.05) is 54.9 Å². The number of hydrogen-bond donors (Lipinski definition) is 0. The zero-order chi connectivity index (χ0) is 23.7. The molecule has 1 aromatic heterocycles. The molecule has 0 saturated carbocycles. The highest BCUT2D eigenvalue weighted by atomic mass is 32.2. The second-order valence-electron chi connectivity index (χ2n) is 8.01. The zero-order valence-corrected chi connectivity index (χ0v) is 20.3. The minimum Gasteiger partial charge on any atom is -0.485 e. The molecule has 0 bridgehead atoms. The van der Waals surface area contributed by atoms with Gasteiger partial charge in [-0.2, -0.15) is 0 Å². The van der Waals surface area contributed by atoms with Gasteiger partial charge in [0.2, 0.25) is 9.84 Å². The number of rotatable bonds is 6. The highest BCUT2D eigenvalue weighted by molar-refractivity contribution is 7.98. The van der Waals surface area contributed by atoms with Gasteiger partial charge in [-0.05, 0) is 48.9 Å². The molecular formula is C25H23N3O4S2. The van der Waals surface area contributed by atoms with E-state index in [4.69, 9.17) is 9.47 Å². The Morgan fingerprint density at radius 3 is 2.29 bits per heavy atom. The summed E-state index contributed by atoms with van der Waals surface area (Å²) in [6.07, 6.45) is -0.340. The van der Waals surface area contributed by atoms with Crippen LogP contribution < -0.4 is 9.47 Å². The zero-order valence-electron chi connectivity index (χ0n) is 18.7. The van der Waals surface area contributed by atoms with Crippen molar-refractivity contribution in [3.63, 3.8) is 0 Å². The van der Waals surface area contributed by atoms with Gasteiger partial charge >= 0.3 is 0 Å². The van der Waals surface area contributed by atoms with E-state index in [2.05, 4.69) is 10.2 Å². The van der Waals surface area contributed by atoms with E-state index in [0.29, 0.717) is 28.8 Å². The number of aryl methyl sites for hydroxylation is 1. The molecule has 0 N–H and O–H groups in total. The molecule has 0 spiro atoms. The van der Waals surface area contributed by atoms with E-state index >= 15 is 0 Å². The van der Waals surface area contributed by atoms with E-state index in [0.717, 1.165) is 22.0 Å². The van der Waals surface area contributed by atoms with Crippen LogP contribution in [0.25, 0.3) is 0 Å². The fourth-order valence-electron chi connectivity index (χ4n) is 3.65. The van der Waals surface area contributed by atoms with E-state index in [1.54, 1.807) is 36.4 Å². The summed E-state index contributed by atoms with van der Waals surface area (Å²) < 4.78 is 39.5. The lowest BCUT2D eigenvalue weighted by Crippen LogP contribution is -2.24. The molecule has 0 fully saturated rings. The van der Waals surface area contributed by atoms with Gasteiger partial charge in [0, 0.05) is 12.8 Å². The predicted octanol–water partition coefficient (Wildman–Crippen LogP) is 4.76. The minimum absolute atomic E-state index is 0.278. The number of sulfone groups is 1. The van der Waals surface area contributed by atoms with Crippen LogP contribution in [0.4, 0.5) is 0 Å². The Kier molecular flexibility index (Phi) is 6.05. The first-order valence-corrected chi connectivity index (χ1v) is 13.2. The summed E-state index contributed by atoms with van der Waals surface area (Å²) in [5.74, 6) is 2.73. The first-order valence-electron chi connectivity index (χ1n) is 10.7. The highest BCUT2D eigenvalue weighted by Gasteiger charge is 2.27. The Hall–Kier alpha value is -3.30. The lowest BCUT2D eigenvalue weighted by molar-refractivity contribution is 0.0825. The van der Waals surface area contributed by atoms with Gasteiger partial charge in [0.15, 0.2) is 28.6 Å². The Bertz CT molecular complexity index is 1420. The molecule has 1 aliphatic rings. The first kappa shape index (κ1) is 22.5. The van der Waals surface area contributed by atoms with Crippen molar-refractivity contribution < 1.29 is 17.9 Å². The molecule has 0 aliphatic carbocycles. The van der Waals surface area contributed by atoms with Crippen molar-refractivity contribution in [2.45, 2.75) is 33.7 Å². The molecule has 174 valence electrons. The lowest BCUT2D eigenvalue weighted by Gasteiger charge is -2.25. The van der Waals surface area contributed by atoms with Gasteiger partial charge in [0.05, 0.1) is 9.79 Å². The third-order valence-electron chi connectivity index (χ3n) is 5.60. The van der Waals surface area contributed by atoms with Crippen LogP contribution in [0.3, 0.4) is 0 Å². The van der Waals surface area contributed by atoms with Gasteiger partial charge in [-0.3, -0.25) is 0 Å². The smallest absolute Gasteiger partial charge is 0.206 e. The van der Waals surface area contributed by atoms with Crippen molar-refractivity contribution in [3.8, 4) is 11.5 Å². The third-order valence-corrected chi connectivity index (χ3v) is 8.47. The molecule has 0 amide bonds. The van der Waals surface area contributed by atoms with Crippen LogP contribution in [0.2, 0.25) is 0 Å². The van der Waals surface area contributed by atoms with Gasteiger partial charge in [0.25, 0.3) is 0 Å². The summed E-state index contributed by atoms with van der Waals surface area (Å²) >= 11 is 1.53. The van der Waals surface area contributed by atoms with Gasteiger partial charge in [-0.25, -0.2) is 8.42 Å². The van der Waals surface area contributed by atoms with Gasteiger partial charge in [0.1, 0.15) is 6.61 Å². The van der Waals surface area contributed by atoms with Gasteiger partial charge in [-0.1, -0.05) is 53.7 Å². The predicted molar refractivity (Wildman–Crippen MR) is 129 cm³/mol. The molecular weight excluding hydrogens is 470 g/mol. The van der Waals surface area contributed by atoms with Crippen LogP contribution in [0, 0.1) is 6.92 Å². The van der Waals surface area contributed by atoms with E-state index in [9.17, 15) is 8.42 Å².